The van der Waals surface area contributed by atoms with Gasteiger partial charge in [0.05, 0.1) is 0 Å². The number of alkyl carbamates (subject to hydrolysis) is 1. The van der Waals surface area contributed by atoms with Crippen LogP contribution in [-0.4, -0.2) is 11.7 Å². The van der Waals surface area contributed by atoms with Gasteiger partial charge in [0.25, 0.3) is 0 Å². The van der Waals surface area contributed by atoms with Crippen LogP contribution in [0.15, 0.2) is 18.2 Å². The SMILES string of the molecule is CC(C)(C)OC(=O)NCc1cc(CN)ccc1F. The Morgan fingerprint density at radius 1 is 1.44 bits per heavy atom. The number of halogens is 1. The van der Waals surface area contributed by atoms with Gasteiger partial charge in [-0.25, -0.2) is 9.18 Å². The molecule has 18 heavy (non-hydrogen) atoms. The second kappa shape index (κ2) is 5.82. The lowest BCUT2D eigenvalue weighted by atomic mass is 10.1. The Kier molecular flexibility index (Phi) is 4.67. The van der Waals surface area contributed by atoms with Gasteiger partial charge in [0.15, 0.2) is 0 Å². The highest BCUT2D eigenvalue weighted by molar-refractivity contribution is 5.67. The van der Waals surface area contributed by atoms with Gasteiger partial charge < -0.3 is 15.8 Å². The van der Waals surface area contributed by atoms with E-state index in [2.05, 4.69) is 5.32 Å². The molecule has 0 radical (unpaired) electrons. The Hall–Kier alpha value is -1.62. The standard InChI is InChI=1S/C13H19FN2O2/c1-13(2,3)18-12(17)16-8-10-6-9(7-15)4-5-11(10)14/h4-6H,7-8,15H2,1-3H3,(H,16,17). The van der Waals surface area contributed by atoms with Gasteiger partial charge in [-0.1, -0.05) is 6.07 Å². The van der Waals surface area contributed by atoms with Gasteiger partial charge in [0.2, 0.25) is 0 Å². The zero-order valence-electron chi connectivity index (χ0n) is 10.9. The van der Waals surface area contributed by atoms with Crippen molar-refractivity contribution in [3.05, 3.63) is 35.1 Å². The summed E-state index contributed by atoms with van der Waals surface area (Å²) < 4.78 is 18.5. The first-order valence-corrected chi connectivity index (χ1v) is 5.76. The quantitative estimate of drug-likeness (QED) is 0.870. The summed E-state index contributed by atoms with van der Waals surface area (Å²) in [5.74, 6) is -0.372. The molecule has 4 nitrogen and oxygen atoms in total. The smallest absolute Gasteiger partial charge is 0.407 e. The topological polar surface area (TPSA) is 64.3 Å². The second-order valence-electron chi connectivity index (χ2n) is 4.99. The van der Waals surface area contributed by atoms with Gasteiger partial charge in [0, 0.05) is 18.7 Å². The lowest BCUT2D eigenvalue weighted by Crippen LogP contribution is -2.32. The van der Waals surface area contributed by atoms with Gasteiger partial charge in [-0.05, 0) is 38.5 Å². The van der Waals surface area contributed by atoms with Crippen LogP contribution in [0.5, 0.6) is 0 Å². The first-order valence-electron chi connectivity index (χ1n) is 5.76. The first-order chi connectivity index (χ1) is 8.31. The Morgan fingerprint density at radius 2 is 2.11 bits per heavy atom. The van der Waals surface area contributed by atoms with Crippen molar-refractivity contribution in [2.24, 2.45) is 5.73 Å². The number of carbonyl (C=O) groups is 1. The third kappa shape index (κ3) is 4.71. The summed E-state index contributed by atoms with van der Waals surface area (Å²) in [5.41, 5.74) is 6.12. The van der Waals surface area contributed by atoms with Crippen molar-refractivity contribution in [2.45, 2.75) is 39.5 Å². The van der Waals surface area contributed by atoms with Crippen molar-refractivity contribution < 1.29 is 13.9 Å². The van der Waals surface area contributed by atoms with E-state index in [-0.39, 0.29) is 12.4 Å². The van der Waals surface area contributed by atoms with Crippen LogP contribution >= 0.6 is 0 Å². The Bertz CT molecular complexity index is 427. The van der Waals surface area contributed by atoms with Gasteiger partial charge in [0.1, 0.15) is 11.4 Å². The summed E-state index contributed by atoms with van der Waals surface area (Å²) in [7, 11) is 0. The minimum atomic E-state index is -0.569. The van der Waals surface area contributed by atoms with Crippen molar-refractivity contribution >= 4 is 6.09 Å². The van der Waals surface area contributed by atoms with Crippen molar-refractivity contribution in [3.63, 3.8) is 0 Å². The number of benzene rings is 1. The van der Waals surface area contributed by atoms with Crippen LogP contribution in [0, 0.1) is 5.82 Å². The van der Waals surface area contributed by atoms with Crippen LogP contribution in [0.2, 0.25) is 0 Å². The van der Waals surface area contributed by atoms with Crippen molar-refractivity contribution in [1.82, 2.24) is 5.32 Å². The minimum Gasteiger partial charge on any atom is -0.444 e. The summed E-state index contributed by atoms with van der Waals surface area (Å²) in [4.78, 5) is 11.4. The van der Waals surface area contributed by atoms with Gasteiger partial charge in [-0.2, -0.15) is 0 Å². The fraction of sp³-hybridized carbons (Fsp3) is 0.462. The molecule has 5 heteroatoms. The summed E-state index contributed by atoms with van der Waals surface area (Å²) in [6, 6.07) is 4.59. The molecule has 1 amide bonds. The van der Waals surface area contributed by atoms with Gasteiger partial charge in [-0.3, -0.25) is 0 Å². The van der Waals surface area contributed by atoms with Crippen LogP contribution < -0.4 is 11.1 Å². The molecule has 0 aliphatic rings. The molecule has 3 N–H and O–H groups in total. The number of amides is 1. The molecule has 0 aliphatic carbocycles. The van der Waals surface area contributed by atoms with Crippen LogP contribution in [0.3, 0.4) is 0 Å². The molecule has 0 spiro atoms. The maximum atomic E-state index is 13.5. The first kappa shape index (κ1) is 14.4. The summed E-state index contributed by atoms with van der Waals surface area (Å²) in [6.45, 7) is 5.71. The van der Waals surface area contributed by atoms with Crippen LogP contribution in [0.25, 0.3) is 0 Å². The predicted octanol–water partition coefficient (Wildman–Crippen LogP) is 2.31. The third-order valence-electron chi connectivity index (χ3n) is 2.17. The highest BCUT2D eigenvalue weighted by Gasteiger charge is 2.16. The number of nitrogens with one attached hydrogen (secondary N) is 1. The Balaban J connectivity index is 2.60. The average molecular weight is 254 g/mol. The normalized spacial score (nSPS) is 11.2. The Labute approximate surface area is 106 Å². The molecule has 0 bridgehead atoms. The molecule has 0 aromatic heterocycles. The highest BCUT2D eigenvalue weighted by atomic mass is 19.1. The number of carbonyl (C=O) groups excluding carboxylic acids is 1. The van der Waals surface area contributed by atoms with Crippen LogP contribution in [-0.2, 0) is 17.8 Å². The average Bonchev–Trinajstić information content (AvgIpc) is 2.25. The molecule has 0 aliphatic heterocycles. The highest BCUT2D eigenvalue weighted by Crippen LogP contribution is 2.11. The molecule has 0 unspecified atom stereocenters. The molecule has 0 saturated heterocycles. The van der Waals surface area contributed by atoms with E-state index in [9.17, 15) is 9.18 Å². The van der Waals surface area contributed by atoms with E-state index >= 15 is 0 Å². The van der Waals surface area contributed by atoms with E-state index < -0.39 is 11.7 Å². The molecule has 100 valence electrons. The van der Waals surface area contributed by atoms with Crippen molar-refractivity contribution in [2.75, 3.05) is 0 Å². The Morgan fingerprint density at radius 3 is 2.67 bits per heavy atom. The number of nitrogens with two attached hydrogens (primary N) is 1. The molecule has 0 saturated carbocycles. The fourth-order valence-corrected chi connectivity index (χ4v) is 1.37. The molecule has 1 rings (SSSR count). The largest absolute Gasteiger partial charge is 0.444 e. The zero-order valence-corrected chi connectivity index (χ0v) is 10.9. The number of rotatable bonds is 3. The maximum Gasteiger partial charge on any atom is 0.407 e. The number of hydrogen-bond donors (Lipinski definition) is 2. The zero-order chi connectivity index (χ0) is 13.8. The molecule has 0 atom stereocenters. The van der Waals surface area contributed by atoms with Crippen LogP contribution in [0.4, 0.5) is 9.18 Å². The van der Waals surface area contributed by atoms with Crippen LogP contribution in [0.1, 0.15) is 31.9 Å². The summed E-state index contributed by atoms with van der Waals surface area (Å²) >= 11 is 0. The van der Waals surface area contributed by atoms with E-state index in [1.807, 2.05) is 0 Å². The molecule has 0 heterocycles. The van der Waals surface area contributed by atoms with Gasteiger partial charge >= 0.3 is 6.09 Å². The van der Waals surface area contributed by atoms with Crippen molar-refractivity contribution in [3.8, 4) is 0 Å². The van der Waals surface area contributed by atoms with E-state index in [4.69, 9.17) is 10.5 Å². The summed E-state index contributed by atoms with van der Waals surface area (Å²) in [6.07, 6.45) is -0.569. The fourth-order valence-electron chi connectivity index (χ4n) is 1.37. The number of ether oxygens (including phenoxy) is 1. The predicted molar refractivity (Wildman–Crippen MR) is 67.4 cm³/mol. The maximum absolute atomic E-state index is 13.5. The molecular formula is C13H19FN2O2. The molecular weight excluding hydrogens is 235 g/mol. The third-order valence-corrected chi connectivity index (χ3v) is 2.17. The summed E-state index contributed by atoms with van der Waals surface area (Å²) in [5, 5.41) is 2.51. The van der Waals surface area contributed by atoms with E-state index in [0.717, 1.165) is 5.56 Å². The molecule has 0 fully saturated rings. The number of hydrogen-bond acceptors (Lipinski definition) is 3. The van der Waals surface area contributed by atoms with E-state index in [0.29, 0.717) is 12.1 Å². The van der Waals surface area contributed by atoms with Gasteiger partial charge in [-0.15, -0.1) is 0 Å². The molecule has 1 aromatic carbocycles. The van der Waals surface area contributed by atoms with Crippen molar-refractivity contribution in [1.29, 1.82) is 0 Å². The lowest BCUT2D eigenvalue weighted by molar-refractivity contribution is 0.0523. The van der Waals surface area contributed by atoms with E-state index in [1.165, 1.54) is 6.07 Å². The molecule has 1 aromatic rings. The monoisotopic (exact) mass is 254 g/mol. The lowest BCUT2D eigenvalue weighted by Gasteiger charge is -2.19. The van der Waals surface area contributed by atoms with E-state index in [1.54, 1.807) is 32.9 Å². The second-order valence-corrected chi connectivity index (χ2v) is 4.99. The minimum absolute atomic E-state index is 0.0780.